The predicted molar refractivity (Wildman–Crippen MR) is 91.3 cm³/mol. The van der Waals surface area contributed by atoms with Gasteiger partial charge in [-0.3, -0.25) is 30.6 Å². The fourth-order valence-electron chi connectivity index (χ4n) is 1.95. The summed E-state index contributed by atoms with van der Waals surface area (Å²) in [6, 6.07) is 5.16. The summed E-state index contributed by atoms with van der Waals surface area (Å²) in [5, 5.41) is 13.3. The van der Waals surface area contributed by atoms with E-state index in [0.717, 1.165) is 10.9 Å². The number of carbonyl (C=O) groups is 2. The monoisotopic (exact) mass is 402 g/mol. The number of aryl methyl sites for hydroxylation is 1. The molecule has 0 spiro atoms. The van der Waals surface area contributed by atoms with E-state index in [1.54, 1.807) is 12.1 Å². The number of thiophene rings is 1. The fourth-order valence-corrected chi connectivity index (χ4v) is 2.73. The van der Waals surface area contributed by atoms with Gasteiger partial charge < -0.3 is 5.32 Å². The molecule has 0 saturated carbocycles. The van der Waals surface area contributed by atoms with Crippen molar-refractivity contribution in [3.05, 3.63) is 55.8 Å². The number of anilines is 1. The molecule has 0 unspecified atom stereocenters. The summed E-state index contributed by atoms with van der Waals surface area (Å²) in [4.78, 5) is 34.8. The van der Waals surface area contributed by atoms with Crippen molar-refractivity contribution in [1.82, 2.24) is 10.7 Å². The first-order chi connectivity index (χ1) is 12.6. The lowest BCUT2D eigenvalue weighted by Gasteiger charge is -2.11. The zero-order valence-electron chi connectivity index (χ0n) is 13.7. The van der Waals surface area contributed by atoms with E-state index in [9.17, 15) is 32.9 Å². The summed E-state index contributed by atoms with van der Waals surface area (Å²) in [5.41, 5.74) is 1.88. The highest BCUT2D eigenvalue weighted by molar-refractivity contribution is 7.13. The summed E-state index contributed by atoms with van der Waals surface area (Å²) in [5.74, 6) is -1.21. The Hall–Kier alpha value is -3.15. The molecule has 1 heterocycles. The molecule has 0 aliphatic heterocycles. The van der Waals surface area contributed by atoms with Gasteiger partial charge in [0, 0.05) is 10.9 Å². The third-order valence-electron chi connectivity index (χ3n) is 3.23. The van der Waals surface area contributed by atoms with E-state index in [-0.39, 0.29) is 5.69 Å². The van der Waals surface area contributed by atoms with Crippen molar-refractivity contribution in [2.24, 2.45) is 0 Å². The van der Waals surface area contributed by atoms with Gasteiger partial charge in [0.05, 0.1) is 21.9 Å². The number of hydrazine groups is 1. The average Bonchev–Trinajstić information content (AvgIpc) is 3.03. The van der Waals surface area contributed by atoms with Crippen LogP contribution < -0.4 is 16.2 Å². The van der Waals surface area contributed by atoms with Gasteiger partial charge in [-0.05, 0) is 31.2 Å². The maximum absolute atomic E-state index is 12.6. The maximum atomic E-state index is 12.6. The highest BCUT2D eigenvalue weighted by atomic mass is 32.1. The second kappa shape index (κ2) is 8.03. The van der Waals surface area contributed by atoms with Crippen molar-refractivity contribution < 1.29 is 27.7 Å². The number of halogens is 3. The van der Waals surface area contributed by atoms with E-state index >= 15 is 0 Å². The van der Waals surface area contributed by atoms with Gasteiger partial charge in [-0.1, -0.05) is 0 Å². The Labute approximate surface area is 154 Å². The Kier molecular flexibility index (Phi) is 6.00. The van der Waals surface area contributed by atoms with Gasteiger partial charge in [-0.15, -0.1) is 11.3 Å². The lowest BCUT2D eigenvalue weighted by atomic mass is 10.1. The van der Waals surface area contributed by atoms with E-state index in [0.29, 0.717) is 17.0 Å². The Balaban J connectivity index is 1.96. The van der Waals surface area contributed by atoms with Gasteiger partial charge in [0.15, 0.2) is 0 Å². The first kappa shape index (κ1) is 20.2. The number of nitrogens with one attached hydrogen (secondary N) is 3. The molecule has 2 rings (SSSR count). The van der Waals surface area contributed by atoms with Crippen LogP contribution in [0.4, 0.5) is 24.5 Å². The van der Waals surface area contributed by atoms with Crippen LogP contribution in [0.3, 0.4) is 0 Å². The largest absolute Gasteiger partial charge is 0.416 e. The third-order valence-corrected chi connectivity index (χ3v) is 4.23. The summed E-state index contributed by atoms with van der Waals surface area (Å²) in [6.07, 6.45) is -4.74. The van der Waals surface area contributed by atoms with E-state index in [2.05, 4.69) is 16.2 Å². The van der Waals surface area contributed by atoms with Gasteiger partial charge in [0.2, 0.25) is 0 Å². The zero-order chi connectivity index (χ0) is 20.2. The molecule has 3 N–H and O–H groups in total. The lowest BCUT2D eigenvalue weighted by molar-refractivity contribution is -0.384. The number of nitro groups is 1. The summed E-state index contributed by atoms with van der Waals surface area (Å²) in [6.45, 7) is 1.38. The number of carbonyl (C=O) groups excluding carboxylic acids is 2. The van der Waals surface area contributed by atoms with Crippen LogP contribution in [0.25, 0.3) is 0 Å². The van der Waals surface area contributed by atoms with E-state index in [1.807, 2.05) is 6.92 Å². The fraction of sp³-hybridized carbons (Fsp3) is 0.200. The molecule has 8 nitrogen and oxygen atoms in total. The van der Waals surface area contributed by atoms with Crippen LogP contribution in [0.1, 0.15) is 20.1 Å². The number of amides is 2. The maximum Gasteiger partial charge on any atom is 0.416 e. The molecule has 0 aliphatic rings. The van der Waals surface area contributed by atoms with Crippen molar-refractivity contribution in [3.8, 4) is 0 Å². The molecule has 144 valence electrons. The average molecular weight is 402 g/mol. The molecule has 1 aromatic heterocycles. The van der Waals surface area contributed by atoms with Gasteiger partial charge >= 0.3 is 6.18 Å². The molecule has 0 bridgehead atoms. The van der Waals surface area contributed by atoms with E-state index in [1.165, 1.54) is 11.3 Å². The second-order valence-electron chi connectivity index (χ2n) is 5.25. The zero-order valence-corrected chi connectivity index (χ0v) is 14.5. The number of rotatable bonds is 6. The number of alkyl halides is 3. The van der Waals surface area contributed by atoms with Gasteiger partial charge in [0.25, 0.3) is 17.5 Å². The molecule has 1 aromatic carbocycles. The van der Waals surface area contributed by atoms with Crippen LogP contribution in [-0.2, 0) is 11.0 Å². The van der Waals surface area contributed by atoms with Gasteiger partial charge in [-0.25, -0.2) is 0 Å². The number of nitro benzene ring substituents is 1. The van der Waals surface area contributed by atoms with Crippen LogP contribution >= 0.6 is 11.3 Å². The Morgan fingerprint density at radius 1 is 1.22 bits per heavy atom. The topological polar surface area (TPSA) is 113 Å². The van der Waals surface area contributed by atoms with Crippen LogP contribution in [0, 0.1) is 17.0 Å². The molecular formula is C15H13F3N4O4S. The van der Waals surface area contributed by atoms with Gasteiger partial charge in [-0.2, -0.15) is 13.2 Å². The second-order valence-corrected chi connectivity index (χ2v) is 6.54. The Morgan fingerprint density at radius 2 is 1.93 bits per heavy atom. The number of hydrogen-bond donors (Lipinski definition) is 3. The molecule has 0 saturated heterocycles. The summed E-state index contributed by atoms with van der Waals surface area (Å²) >= 11 is 1.24. The normalized spacial score (nSPS) is 11.0. The molecule has 2 amide bonds. The first-order valence-corrected chi connectivity index (χ1v) is 8.14. The molecule has 0 aliphatic carbocycles. The van der Waals surface area contributed by atoms with Crippen molar-refractivity contribution in [2.45, 2.75) is 13.1 Å². The minimum absolute atomic E-state index is 0.332. The highest BCUT2D eigenvalue weighted by Gasteiger charge is 2.33. The summed E-state index contributed by atoms with van der Waals surface area (Å²) in [7, 11) is 0. The van der Waals surface area contributed by atoms with Crippen LogP contribution in [0.2, 0.25) is 0 Å². The standard InChI is InChI=1S/C15H13F3N4O4S/c1-8-2-5-12(27-8)14(24)19-7-13(23)21-20-10-4-3-9(15(16,17)18)6-11(10)22(25)26/h2-6,20H,7H2,1H3,(H,19,24)(H,21,23). The number of hydrogen-bond acceptors (Lipinski definition) is 6. The molecule has 2 aromatic rings. The van der Waals surface area contributed by atoms with Crippen molar-refractivity contribution in [3.63, 3.8) is 0 Å². The Bertz CT molecular complexity index is 882. The van der Waals surface area contributed by atoms with E-state index < -0.39 is 40.7 Å². The molecule has 0 atom stereocenters. The highest BCUT2D eigenvalue weighted by Crippen LogP contribution is 2.34. The molecule has 12 heteroatoms. The Morgan fingerprint density at radius 3 is 2.48 bits per heavy atom. The van der Waals surface area contributed by atoms with Crippen molar-refractivity contribution in [2.75, 3.05) is 12.0 Å². The van der Waals surface area contributed by atoms with Crippen molar-refractivity contribution >= 4 is 34.5 Å². The molecular weight excluding hydrogens is 389 g/mol. The first-order valence-electron chi connectivity index (χ1n) is 7.33. The number of nitrogens with zero attached hydrogens (tertiary/aromatic N) is 1. The van der Waals surface area contributed by atoms with Crippen molar-refractivity contribution in [1.29, 1.82) is 0 Å². The smallest absolute Gasteiger partial charge is 0.342 e. The SMILES string of the molecule is Cc1ccc(C(=O)NCC(=O)NNc2ccc(C(F)(F)F)cc2[N+](=O)[O-])s1. The van der Waals surface area contributed by atoms with E-state index in [4.69, 9.17) is 0 Å². The molecule has 27 heavy (non-hydrogen) atoms. The van der Waals surface area contributed by atoms with Crippen LogP contribution in [0.5, 0.6) is 0 Å². The van der Waals surface area contributed by atoms with Crippen LogP contribution in [0.15, 0.2) is 30.3 Å². The molecule has 0 fully saturated rings. The lowest BCUT2D eigenvalue weighted by Crippen LogP contribution is -2.39. The quantitative estimate of drug-likeness (QED) is 0.508. The third kappa shape index (κ3) is 5.41. The summed E-state index contributed by atoms with van der Waals surface area (Å²) < 4.78 is 37.9. The minimum atomic E-state index is -4.74. The minimum Gasteiger partial charge on any atom is -0.342 e. The molecule has 0 radical (unpaired) electrons. The number of benzene rings is 1. The predicted octanol–water partition coefficient (Wildman–Crippen LogP) is 2.86. The van der Waals surface area contributed by atoms with Crippen LogP contribution in [-0.4, -0.2) is 23.3 Å². The van der Waals surface area contributed by atoms with Gasteiger partial charge in [0.1, 0.15) is 5.69 Å².